The molecule has 2 saturated heterocycles. The van der Waals surface area contributed by atoms with Gasteiger partial charge in [0.25, 0.3) is 0 Å². The van der Waals surface area contributed by atoms with Gasteiger partial charge in [-0.2, -0.15) is 0 Å². The number of nitrogens with one attached hydrogen (secondary N) is 1. The van der Waals surface area contributed by atoms with E-state index in [9.17, 15) is 4.79 Å². The summed E-state index contributed by atoms with van der Waals surface area (Å²) in [6, 6.07) is 9.69. The van der Waals surface area contributed by atoms with Crippen LogP contribution in [0.15, 0.2) is 42.7 Å². The molecule has 0 radical (unpaired) electrons. The zero-order valence-corrected chi connectivity index (χ0v) is 16.3. The van der Waals surface area contributed by atoms with E-state index in [-0.39, 0.29) is 11.4 Å². The minimum Gasteiger partial charge on any atom is -0.379 e. The molecule has 1 spiro atoms. The van der Waals surface area contributed by atoms with Gasteiger partial charge in [0.1, 0.15) is 0 Å². The molecule has 28 heavy (non-hydrogen) atoms. The fourth-order valence-corrected chi connectivity index (χ4v) is 4.03. The van der Waals surface area contributed by atoms with Gasteiger partial charge in [-0.1, -0.05) is 12.1 Å². The summed E-state index contributed by atoms with van der Waals surface area (Å²) in [6.07, 6.45) is 5.38. The molecular weight excluding hydrogens is 354 g/mol. The molecule has 2 aromatic rings. The van der Waals surface area contributed by atoms with Gasteiger partial charge >= 0.3 is 6.03 Å². The lowest BCUT2D eigenvalue weighted by Gasteiger charge is -2.42. The fraction of sp³-hybridized carbons (Fsp3) is 0.476. The van der Waals surface area contributed by atoms with Crippen molar-refractivity contribution >= 4 is 17.7 Å². The standard InChI is InChI=1S/C21H27N5O2/c1-17-4-2-5-18(14-17)24-20(27)25-10-6-21(7-11-25)15-26(12-13-28-16-21)19-22-8-3-9-23-19/h2-5,8-9,14H,6-7,10-13,15-16H2,1H3,(H,24,27). The Kier molecular flexibility index (Phi) is 5.43. The van der Waals surface area contributed by atoms with Crippen LogP contribution in [0.5, 0.6) is 0 Å². The van der Waals surface area contributed by atoms with Gasteiger partial charge in [-0.05, 0) is 43.5 Å². The number of likely N-dealkylation sites (tertiary alicyclic amines) is 1. The first-order valence-electron chi connectivity index (χ1n) is 9.86. The molecule has 4 rings (SSSR count). The monoisotopic (exact) mass is 381 g/mol. The molecule has 1 aromatic carbocycles. The number of aromatic nitrogens is 2. The maximum absolute atomic E-state index is 12.7. The van der Waals surface area contributed by atoms with Gasteiger partial charge < -0.3 is 19.9 Å². The predicted molar refractivity (Wildman–Crippen MR) is 109 cm³/mol. The van der Waals surface area contributed by atoms with Crippen molar-refractivity contribution in [1.82, 2.24) is 14.9 Å². The van der Waals surface area contributed by atoms with E-state index in [1.165, 1.54) is 0 Å². The third-order valence-electron chi connectivity index (χ3n) is 5.66. The molecule has 3 heterocycles. The largest absolute Gasteiger partial charge is 0.379 e. The number of piperidine rings is 1. The first-order valence-corrected chi connectivity index (χ1v) is 9.86. The van der Waals surface area contributed by atoms with Crippen LogP contribution >= 0.6 is 0 Å². The number of benzene rings is 1. The summed E-state index contributed by atoms with van der Waals surface area (Å²) in [5, 5.41) is 3.02. The van der Waals surface area contributed by atoms with Gasteiger partial charge in [-0.3, -0.25) is 0 Å². The number of urea groups is 1. The predicted octanol–water partition coefficient (Wildman–Crippen LogP) is 2.94. The van der Waals surface area contributed by atoms with Crippen molar-refractivity contribution in [3.8, 4) is 0 Å². The zero-order chi connectivity index (χ0) is 19.4. The number of rotatable bonds is 2. The van der Waals surface area contributed by atoms with E-state index < -0.39 is 0 Å². The van der Waals surface area contributed by atoms with E-state index in [4.69, 9.17) is 4.74 Å². The Labute approximate surface area is 165 Å². The Hall–Kier alpha value is -2.67. The quantitative estimate of drug-likeness (QED) is 0.866. The third kappa shape index (κ3) is 4.25. The van der Waals surface area contributed by atoms with Crippen LogP contribution in [0.1, 0.15) is 18.4 Å². The summed E-state index contributed by atoms with van der Waals surface area (Å²) in [7, 11) is 0. The first-order chi connectivity index (χ1) is 13.6. The van der Waals surface area contributed by atoms with Crippen LogP contribution < -0.4 is 10.2 Å². The summed E-state index contributed by atoms with van der Waals surface area (Å²) < 4.78 is 5.93. The Morgan fingerprint density at radius 1 is 1.14 bits per heavy atom. The lowest BCUT2D eigenvalue weighted by molar-refractivity contribution is 0.0312. The van der Waals surface area contributed by atoms with Crippen molar-refractivity contribution in [2.75, 3.05) is 49.6 Å². The van der Waals surface area contributed by atoms with Gasteiger partial charge in [-0.25, -0.2) is 14.8 Å². The molecule has 2 aliphatic rings. The van der Waals surface area contributed by atoms with Crippen molar-refractivity contribution in [2.45, 2.75) is 19.8 Å². The minimum absolute atomic E-state index is 0.0294. The van der Waals surface area contributed by atoms with E-state index in [1.54, 1.807) is 12.4 Å². The normalized spacial score (nSPS) is 19.3. The zero-order valence-electron chi connectivity index (χ0n) is 16.3. The second kappa shape index (κ2) is 8.14. The molecule has 2 fully saturated rings. The van der Waals surface area contributed by atoms with Crippen molar-refractivity contribution in [3.05, 3.63) is 48.3 Å². The molecule has 1 N–H and O–H groups in total. The number of aryl methyl sites for hydroxylation is 1. The van der Waals surface area contributed by atoms with Crippen molar-refractivity contribution in [2.24, 2.45) is 5.41 Å². The van der Waals surface area contributed by atoms with E-state index in [1.807, 2.05) is 42.2 Å². The Morgan fingerprint density at radius 2 is 1.93 bits per heavy atom. The van der Waals surface area contributed by atoms with Crippen molar-refractivity contribution in [3.63, 3.8) is 0 Å². The maximum atomic E-state index is 12.7. The highest BCUT2D eigenvalue weighted by Crippen LogP contribution is 2.35. The van der Waals surface area contributed by atoms with Crippen molar-refractivity contribution in [1.29, 1.82) is 0 Å². The van der Waals surface area contributed by atoms with Crippen LogP contribution in [0.3, 0.4) is 0 Å². The van der Waals surface area contributed by atoms with E-state index in [2.05, 4.69) is 20.2 Å². The molecule has 0 atom stereocenters. The number of nitrogens with zero attached hydrogens (tertiary/aromatic N) is 4. The van der Waals surface area contributed by atoms with Gasteiger partial charge in [0.05, 0.1) is 13.2 Å². The average molecular weight is 381 g/mol. The first kappa shape index (κ1) is 18.7. The molecule has 7 heteroatoms. The Bertz CT molecular complexity index is 805. The second-order valence-corrected chi connectivity index (χ2v) is 7.81. The van der Waals surface area contributed by atoms with Gasteiger partial charge in [0.15, 0.2) is 0 Å². The SMILES string of the molecule is Cc1cccc(NC(=O)N2CCC3(CC2)COCCN(c2ncccn2)C3)c1. The van der Waals surface area contributed by atoms with Crippen LogP contribution in [0.25, 0.3) is 0 Å². The molecule has 7 nitrogen and oxygen atoms in total. The van der Waals surface area contributed by atoms with E-state index in [0.717, 1.165) is 62.8 Å². The number of anilines is 2. The smallest absolute Gasteiger partial charge is 0.321 e. The lowest BCUT2D eigenvalue weighted by Crippen LogP contribution is -2.50. The highest BCUT2D eigenvalue weighted by molar-refractivity contribution is 5.89. The average Bonchev–Trinajstić information content (AvgIpc) is 2.92. The van der Waals surface area contributed by atoms with Crippen LogP contribution in [-0.4, -0.2) is 60.3 Å². The third-order valence-corrected chi connectivity index (χ3v) is 5.66. The summed E-state index contributed by atoms with van der Waals surface area (Å²) >= 11 is 0. The highest BCUT2D eigenvalue weighted by atomic mass is 16.5. The molecule has 0 bridgehead atoms. The number of amides is 2. The second-order valence-electron chi connectivity index (χ2n) is 7.81. The molecule has 148 valence electrons. The van der Waals surface area contributed by atoms with Gasteiger partial charge in [0, 0.05) is 49.7 Å². The van der Waals surface area contributed by atoms with Gasteiger partial charge in [-0.15, -0.1) is 0 Å². The Balaban J connectivity index is 1.38. The molecule has 0 saturated carbocycles. The van der Waals surface area contributed by atoms with E-state index in [0.29, 0.717) is 6.61 Å². The minimum atomic E-state index is -0.0294. The van der Waals surface area contributed by atoms with Crippen molar-refractivity contribution < 1.29 is 9.53 Å². The van der Waals surface area contributed by atoms with Crippen LogP contribution in [0.4, 0.5) is 16.4 Å². The molecule has 0 unspecified atom stereocenters. The lowest BCUT2D eigenvalue weighted by atomic mass is 9.78. The fourth-order valence-electron chi connectivity index (χ4n) is 4.03. The molecule has 2 aliphatic heterocycles. The summed E-state index contributed by atoms with van der Waals surface area (Å²) in [5.74, 6) is 0.756. The molecule has 1 aromatic heterocycles. The number of carbonyl (C=O) groups is 1. The maximum Gasteiger partial charge on any atom is 0.321 e. The van der Waals surface area contributed by atoms with E-state index >= 15 is 0 Å². The summed E-state index contributed by atoms with van der Waals surface area (Å²) in [5.41, 5.74) is 2.01. The molecule has 0 aliphatic carbocycles. The van der Waals surface area contributed by atoms with Crippen LogP contribution in [0.2, 0.25) is 0 Å². The number of hydrogen-bond donors (Lipinski definition) is 1. The molecule has 2 amide bonds. The Morgan fingerprint density at radius 3 is 2.68 bits per heavy atom. The topological polar surface area (TPSA) is 70.6 Å². The molecular formula is C21H27N5O2. The van der Waals surface area contributed by atoms with Gasteiger partial charge in [0.2, 0.25) is 5.95 Å². The summed E-state index contributed by atoms with van der Waals surface area (Å²) in [6.45, 7) is 6.54. The van der Waals surface area contributed by atoms with Crippen LogP contribution in [0, 0.1) is 12.3 Å². The van der Waals surface area contributed by atoms with Crippen LogP contribution in [-0.2, 0) is 4.74 Å². The number of hydrogen-bond acceptors (Lipinski definition) is 5. The number of carbonyl (C=O) groups excluding carboxylic acids is 1. The summed E-state index contributed by atoms with van der Waals surface area (Å²) in [4.78, 5) is 25.6. The number of ether oxygens (including phenoxy) is 1. The highest BCUT2D eigenvalue weighted by Gasteiger charge is 2.39.